The number of hydrogen-bond donors (Lipinski definition) is 0. The average molecular weight is 446 g/mol. The lowest BCUT2D eigenvalue weighted by Crippen LogP contribution is -2.32. The second-order valence-corrected chi connectivity index (χ2v) is 8.59. The van der Waals surface area contributed by atoms with Crippen LogP contribution in [0.25, 0.3) is 11.0 Å². The molecule has 33 heavy (non-hydrogen) atoms. The second kappa shape index (κ2) is 9.15. The molecule has 0 N–H and O–H groups in total. The van der Waals surface area contributed by atoms with E-state index < -0.39 is 0 Å². The number of aromatic nitrogens is 4. The average Bonchev–Trinajstić information content (AvgIpc) is 3.44. The number of piperidine rings is 1. The summed E-state index contributed by atoms with van der Waals surface area (Å²) in [4.78, 5) is 23.1. The molecule has 4 aromatic rings. The predicted molar refractivity (Wildman–Crippen MR) is 123 cm³/mol. The third-order valence-corrected chi connectivity index (χ3v) is 6.34. The maximum atomic E-state index is 11.6. The van der Waals surface area contributed by atoms with Crippen LogP contribution in [0.2, 0.25) is 0 Å². The van der Waals surface area contributed by atoms with Crippen LogP contribution in [-0.4, -0.2) is 50.8 Å². The normalized spacial score (nSPS) is 15.2. The molecule has 0 unspecified atom stereocenters. The molecule has 0 radical (unpaired) electrons. The number of hydrogen-bond acceptors (Lipinski definition) is 7. The van der Waals surface area contributed by atoms with E-state index in [0.717, 1.165) is 54.9 Å². The highest BCUT2D eigenvalue weighted by Crippen LogP contribution is 2.30. The van der Waals surface area contributed by atoms with Crippen LogP contribution in [0, 0.1) is 6.92 Å². The molecule has 4 heterocycles. The Morgan fingerprint density at radius 3 is 2.64 bits per heavy atom. The van der Waals surface area contributed by atoms with Crippen molar-refractivity contribution >= 4 is 17.0 Å². The van der Waals surface area contributed by atoms with Gasteiger partial charge in [0.25, 0.3) is 0 Å². The van der Waals surface area contributed by atoms with Crippen LogP contribution >= 0.6 is 0 Å². The minimum atomic E-state index is -0.321. The van der Waals surface area contributed by atoms with Gasteiger partial charge in [-0.05, 0) is 67.2 Å². The number of fused-ring (bicyclic) bond motifs is 1. The molecular weight excluding hydrogens is 418 g/mol. The van der Waals surface area contributed by atoms with Gasteiger partial charge in [0, 0.05) is 31.2 Å². The SMILES string of the molecule is COC(=O)c1ccc(Cn2ccc3cc(C4CCN(Cc5noc(C)n5)CC4)cnc32)cc1. The molecule has 0 atom stereocenters. The van der Waals surface area contributed by atoms with E-state index in [0.29, 0.717) is 23.9 Å². The number of nitrogens with zero attached hydrogens (tertiary/aromatic N) is 5. The van der Waals surface area contributed by atoms with Crippen molar-refractivity contribution in [2.24, 2.45) is 0 Å². The highest BCUT2D eigenvalue weighted by molar-refractivity contribution is 5.89. The molecule has 5 rings (SSSR count). The molecule has 0 saturated carbocycles. The number of methoxy groups -OCH3 is 1. The van der Waals surface area contributed by atoms with Crippen molar-refractivity contribution in [3.63, 3.8) is 0 Å². The monoisotopic (exact) mass is 445 g/mol. The Kier molecular flexibility index (Phi) is 5.92. The van der Waals surface area contributed by atoms with E-state index in [1.165, 1.54) is 12.7 Å². The molecule has 3 aromatic heterocycles. The number of pyridine rings is 1. The van der Waals surface area contributed by atoms with Crippen LogP contribution in [0.15, 0.2) is 53.3 Å². The largest absolute Gasteiger partial charge is 0.465 e. The van der Waals surface area contributed by atoms with Crippen molar-refractivity contribution < 1.29 is 14.1 Å². The number of esters is 1. The van der Waals surface area contributed by atoms with Gasteiger partial charge in [0.2, 0.25) is 5.89 Å². The number of carbonyl (C=O) groups excluding carboxylic acids is 1. The number of ether oxygens (including phenoxy) is 1. The zero-order valence-corrected chi connectivity index (χ0v) is 18.9. The highest BCUT2D eigenvalue weighted by Gasteiger charge is 2.22. The van der Waals surface area contributed by atoms with E-state index in [1.807, 2.05) is 25.3 Å². The van der Waals surface area contributed by atoms with Gasteiger partial charge in [-0.1, -0.05) is 17.3 Å². The third-order valence-electron chi connectivity index (χ3n) is 6.34. The lowest BCUT2D eigenvalue weighted by Gasteiger charge is -2.31. The van der Waals surface area contributed by atoms with E-state index in [1.54, 1.807) is 12.1 Å². The molecule has 1 aliphatic rings. The number of rotatable bonds is 6. The first-order valence-corrected chi connectivity index (χ1v) is 11.2. The van der Waals surface area contributed by atoms with E-state index in [2.05, 4.69) is 37.9 Å². The van der Waals surface area contributed by atoms with Gasteiger partial charge >= 0.3 is 5.97 Å². The summed E-state index contributed by atoms with van der Waals surface area (Å²) in [6.07, 6.45) is 6.29. The molecule has 1 saturated heterocycles. The van der Waals surface area contributed by atoms with Crippen molar-refractivity contribution in [2.45, 2.75) is 38.8 Å². The predicted octanol–water partition coefficient (Wildman–Crippen LogP) is 3.94. The van der Waals surface area contributed by atoms with E-state index in [4.69, 9.17) is 14.2 Å². The smallest absolute Gasteiger partial charge is 0.337 e. The van der Waals surface area contributed by atoms with E-state index >= 15 is 0 Å². The molecule has 8 nitrogen and oxygen atoms in total. The first-order valence-electron chi connectivity index (χ1n) is 11.2. The van der Waals surface area contributed by atoms with Crippen molar-refractivity contribution in [3.8, 4) is 0 Å². The Bertz CT molecular complexity index is 1250. The fraction of sp³-hybridized carbons (Fsp3) is 0.360. The van der Waals surface area contributed by atoms with Crippen LogP contribution in [0.5, 0.6) is 0 Å². The van der Waals surface area contributed by atoms with Gasteiger partial charge in [0.15, 0.2) is 5.82 Å². The number of carbonyl (C=O) groups is 1. The first-order chi connectivity index (χ1) is 16.1. The molecule has 0 spiro atoms. The molecule has 170 valence electrons. The topological polar surface area (TPSA) is 86.3 Å². The Hall–Kier alpha value is -3.52. The molecule has 8 heteroatoms. The van der Waals surface area contributed by atoms with E-state index in [9.17, 15) is 4.79 Å². The van der Waals surface area contributed by atoms with Gasteiger partial charge in [-0.25, -0.2) is 9.78 Å². The number of aryl methyl sites for hydroxylation is 1. The molecule has 1 fully saturated rings. The van der Waals surface area contributed by atoms with Crippen molar-refractivity contribution in [1.29, 1.82) is 0 Å². The maximum absolute atomic E-state index is 11.6. The van der Waals surface area contributed by atoms with Gasteiger partial charge in [-0.3, -0.25) is 4.90 Å². The second-order valence-electron chi connectivity index (χ2n) is 8.59. The molecule has 0 aliphatic carbocycles. The summed E-state index contributed by atoms with van der Waals surface area (Å²) >= 11 is 0. The Balaban J connectivity index is 1.23. The summed E-state index contributed by atoms with van der Waals surface area (Å²) < 4.78 is 12.0. The molecule has 0 amide bonds. The summed E-state index contributed by atoms with van der Waals surface area (Å²) in [5, 5.41) is 5.16. The Labute approximate surface area is 192 Å². The van der Waals surface area contributed by atoms with Crippen LogP contribution in [0.3, 0.4) is 0 Å². The quantitative estimate of drug-likeness (QED) is 0.416. The minimum Gasteiger partial charge on any atom is -0.465 e. The standard InChI is InChI=1S/C25H27N5O3/c1-17-27-23(28-33-17)16-29-10-7-19(8-11-29)22-13-21-9-12-30(24(21)26-14-22)15-18-3-5-20(6-4-18)25(31)32-2/h3-6,9,12-14,19H,7-8,10-11,15-16H2,1-2H3. The van der Waals surface area contributed by atoms with Gasteiger partial charge in [-0.2, -0.15) is 4.98 Å². The van der Waals surface area contributed by atoms with Gasteiger partial charge in [-0.15, -0.1) is 0 Å². The number of benzene rings is 1. The summed E-state index contributed by atoms with van der Waals surface area (Å²) in [7, 11) is 1.39. The lowest BCUT2D eigenvalue weighted by molar-refractivity contribution is 0.0600. The summed E-state index contributed by atoms with van der Waals surface area (Å²) in [6, 6.07) is 11.9. The van der Waals surface area contributed by atoms with Gasteiger partial charge < -0.3 is 13.8 Å². The molecule has 1 aliphatic heterocycles. The summed E-state index contributed by atoms with van der Waals surface area (Å²) in [5.74, 6) is 1.57. The Morgan fingerprint density at radius 2 is 1.94 bits per heavy atom. The third kappa shape index (κ3) is 4.66. The van der Waals surface area contributed by atoms with Gasteiger partial charge in [0.05, 0.1) is 19.2 Å². The van der Waals surface area contributed by atoms with Gasteiger partial charge in [0.1, 0.15) is 5.65 Å². The zero-order valence-electron chi connectivity index (χ0n) is 18.9. The summed E-state index contributed by atoms with van der Waals surface area (Å²) in [5.41, 5.74) is 3.94. The fourth-order valence-electron chi connectivity index (χ4n) is 4.54. The van der Waals surface area contributed by atoms with Crippen molar-refractivity contribution in [3.05, 3.63) is 77.2 Å². The van der Waals surface area contributed by atoms with Crippen molar-refractivity contribution in [2.75, 3.05) is 20.2 Å². The van der Waals surface area contributed by atoms with E-state index in [-0.39, 0.29) is 5.97 Å². The lowest BCUT2D eigenvalue weighted by atomic mass is 9.90. The van der Waals surface area contributed by atoms with Crippen LogP contribution in [0.4, 0.5) is 0 Å². The van der Waals surface area contributed by atoms with Crippen LogP contribution in [0.1, 0.15) is 52.0 Å². The Morgan fingerprint density at radius 1 is 1.15 bits per heavy atom. The van der Waals surface area contributed by atoms with Crippen LogP contribution < -0.4 is 0 Å². The van der Waals surface area contributed by atoms with Crippen LogP contribution in [-0.2, 0) is 17.8 Å². The zero-order chi connectivity index (χ0) is 22.8. The number of likely N-dealkylation sites (tertiary alicyclic amines) is 1. The maximum Gasteiger partial charge on any atom is 0.337 e. The molecule has 0 bridgehead atoms. The van der Waals surface area contributed by atoms with Crippen molar-refractivity contribution in [1.82, 2.24) is 24.6 Å². The fourth-order valence-corrected chi connectivity index (χ4v) is 4.54. The molecular formula is C25H27N5O3. The summed E-state index contributed by atoms with van der Waals surface area (Å²) in [6.45, 7) is 5.29. The molecule has 1 aromatic carbocycles. The highest BCUT2D eigenvalue weighted by atomic mass is 16.5. The first kappa shape index (κ1) is 21.3. The minimum absolute atomic E-state index is 0.321.